The Bertz CT molecular complexity index is 805. The molecule has 0 aliphatic carbocycles. The van der Waals surface area contributed by atoms with Gasteiger partial charge in [0.25, 0.3) is 0 Å². The van der Waals surface area contributed by atoms with Crippen LogP contribution in [0.1, 0.15) is 25.8 Å². The van der Waals surface area contributed by atoms with Crippen molar-refractivity contribution < 1.29 is 4.79 Å². The number of anilines is 2. The molecule has 1 amide bonds. The molecule has 2 aliphatic heterocycles. The molecule has 0 unspecified atom stereocenters. The molecule has 4 rings (SSSR count). The van der Waals surface area contributed by atoms with Crippen LogP contribution in [0.15, 0.2) is 54.6 Å². The topological polar surface area (TPSA) is 35.6 Å². The third-order valence-corrected chi connectivity index (χ3v) is 6.10. The first-order valence-corrected chi connectivity index (χ1v) is 10.6. The summed E-state index contributed by atoms with van der Waals surface area (Å²) < 4.78 is 0. The van der Waals surface area contributed by atoms with Crippen LogP contribution in [0, 0.1) is 11.8 Å². The van der Waals surface area contributed by atoms with Gasteiger partial charge in [0.2, 0.25) is 5.91 Å². The Morgan fingerprint density at radius 2 is 1.82 bits per heavy atom. The molecule has 148 valence electrons. The molecule has 0 radical (unpaired) electrons. The maximum absolute atomic E-state index is 13.1. The SMILES string of the molecule is CC(C)CCNC(=O)[C@H]1Cc2ccccc2N2CCN(c3ccccc3)C[C@H]12. The number of nitrogens with zero attached hydrogens (tertiary/aromatic N) is 2. The Balaban J connectivity index is 1.57. The van der Waals surface area contributed by atoms with Crippen LogP contribution < -0.4 is 15.1 Å². The van der Waals surface area contributed by atoms with Crippen LogP contribution in [0.3, 0.4) is 0 Å². The van der Waals surface area contributed by atoms with Gasteiger partial charge >= 0.3 is 0 Å². The average Bonchev–Trinajstić information content (AvgIpc) is 2.73. The van der Waals surface area contributed by atoms with Crippen LogP contribution in [0.2, 0.25) is 0 Å². The fraction of sp³-hybridized carbons (Fsp3) is 0.458. The van der Waals surface area contributed by atoms with Gasteiger partial charge in [0.1, 0.15) is 0 Å². The van der Waals surface area contributed by atoms with E-state index in [9.17, 15) is 4.79 Å². The Morgan fingerprint density at radius 1 is 1.07 bits per heavy atom. The van der Waals surface area contributed by atoms with Gasteiger partial charge < -0.3 is 15.1 Å². The fourth-order valence-corrected chi connectivity index (χ4v) is 4.55. The summed E-state index contributed by atoms with van der Waals surface area (Å²) in [6.07, 6.45) is 1.85. The highest BCUT2D eigenvalue weighted by Crippen LogP contribution is 2.36. The predicted molar refractivity (Wildman–Crippen MR) is 116 cm³/mol. The molecule has 0 spiro atoms. The van der Waals surface area contributed by atoms with Crippen LogP contribution in [0.25, 0.3) is 0 Å². The summed E-state index contributed by atoms with van der Waals surface area (Å²) in [5.74, 6) is 0.806. The first kappa shape index (κ1) is 18.9. The zero-order chi connectivity index (χ0) is 19.5. The van der Waals surface area contributed by atoms with Gasteiger partial charge in [0.15, 0.2) is 0 Å². The smallest absolute Gasteiger partial charge is 0.225 e. The quantitative estimate of drug-likeness (QED) is 0.863. The van der Waals surface area contributed by atoms with Crippen molar-refractivity contribution in [1.29, 1.82) is 0 Å². The van der Waals surface area contributed by atoms with E-state index in [0.717, 1.165) is 39.0 Å². The summed E-state index contributed by atoms with van der Waals surface area (Å²) in [5.41, 5.74) is 3.86. The summed E-state index contributed by atoms with van der Waals surface area (Å²) >= 11 is 0. The second kappa shape index (κ2) is 8.26. The van der Waals surface area contributed by atoms with E-state index in [1.165, 1.54) is 16.9 Å². The van der Waals surface area contributed by atoms with Gasteiger partial charge in [0, 0.05) is 37.6 Å². The number of para-hydroxylation sites is 2. The molecule has 4 nitrogen and oxygen atoms in total. The zero-order valence-electron chi connectivity index (χ0n) is 17.0. The molecule has 0 aromatic heterocycles. The van der Waals surface area contributed by atoms with E-state index < -0.39 is 0 Å². The Morgan fingerprint density at radius 3 is 2.61 bits per heavy atom. The van der Waals surface area contributed by atoms with Crippen LogP contribution in [0.4, 0.5) is 11.4 Å². The highest BCUT2D eigenvalue weighted by Gasteiger charge is 2.41. The maximum atomic E-state index is 13.1. The number of hydrogen-bond acceptors (Lipinski definition) is 3. The second-order valence-corrected chi connectivity index (χ2v) is 8.46. The van der Waals surface area contributed by atoms with Gasteiger partial charge in [-0.2, -0.15) is 0 Å². The lowest BCUT2D eigenvalue weighted by molar-refractivity contribution is -0.125. The fourth-order valence-electron chi connectivity index (χ4n) is 4.55. The molecule has 4 heteroatoms. The molecule has 28 heavy (non-hydrogen) atoms. The van der Waals surface area contributed by atoms with Crippen LogP contribution >= 0.6 is 0 Å². The third-order valence-electron chi connectivity index (χ3n) is 6.10. The van der Waals surface area contributed by atoms with E-state index in [2.05, 4.69) is 83.6 Å². The number of carbonyl (C=O) groups is 1. The monoisotopic (exact) mass is 377 g/mol. The summed E-state index contributed by atoms with van der Waals surface area (Å²) in [4.78, 5) is 18.0. The minimum absolute atomic E-state index is 0.00595. The van der Waals surface area contributed by atoms with Gasteiger partial charge in [-0.15, -0.1) is 0 Å². The van der Waals surface area contributed by atoms with Crippen molar-refractivity contribution in [3.63, 3.8) is 0 Å². The van der Waals surface area contributed by atoms with Crippen molar-refractivity contribution in [1.82, 2.24) is 5.32 Å². The van der Waals surface area contributed by atoms with Crippen molar-refractivity contribution in [2.75, 3.05) is 36.0 Å². The molecule has 2 aromatic carbocycles. The van der Waals surface area contributed by atoms with E-state index in [0.29, 0.717) is 5.92 Å². The van der Waals surface area contributed by atoms with Crippen molar-refractivity contribution in [3.05, 3.63) is 60.2 Å². The van der Waals surface area contributed by atoms with Gasteiger partial charge in [-0.3, -0.25) is 4.79 Å². The average molecular weight is 378 g/mol. The molecular formula is C24H31N3O. The highest BCUT2D eigenvalue weighted by molar-refractivity contribution is 5.82. The molecule has 2 atom stereocenters. The van der Waals surface area contributed by atoms with Crippen molar-refractivity contribution in [2.45, 2.75) is 32.7 Å². The Kier molecular flexibility index (Phi) is 5.56. The lowest BCUT2D eigenvalue weighted by atomic mass is 9.83. The molecule has 2 aliphatic rings. The van der Waals surface area contributed by atoms with E-state index in [1.54, 1.807) is 0 Å². The van der Waals surface area contributed by atoms with Crippen molar-refractivity contribution in [2.24, 2.45) is 11.8 Å². The summed E-state index contributed by atoms with van der Waals surface area (Å²) in [6.45, 7) is 7.99. The number of amides is 1. The lowest BCUT2D eigenvalue weighted by Gasteiger charge is -2.49. The third kappa shape index (κ3) is 3.87. The molecular weight excluding hydrogens is 346 g/mol. The van der Waals surface area contributed by atoms with Gasteiger partial charge in [-0.1, -0.05) is 50.2 Å². The number of rotatable bonds is 5. The highest BCUT2D eigenvalue weighted by atomic mass is 16.1. The number of carbonyl (C=O) groups excluding carboxylic acids is 1. The van der Waals surface area contributed by atoms with E-state index in [1.807, 2.05) is 0 Å². The van der Waals surface area contributed by atoms with Crippen molar-refractivity contribution in [3.8, 4) is 0 Å². The lowest BCUT2D eigenvalue weighted by Crippen LogP contribution is -2.61. The predicted octanol–water partition coefficient (Wildman–Crippen LogP) is 3.72. The van der Waals surface area contributed by atoms with Crippen LogP contribution in [0.5, 0.6) is 0 Å². The number of nitrogens with one attached hydrogen (secondary N) is 1. The normalized spacial score (nSPS) is 21.2. The molecule has 0 bridgehead atoms. The van der Waals surface area contributed by atoms with E-state index >= 15 is 0 Å². The van der Waals surface area contributed by atoms with Crippen LogP contribution in [-0.2, 0) is 11.2 Å². The number of hydrogen-bond donors (Lipinski definition) is 1. The summed E-state index contributed by atoms with van der Waals surface area (Å²) in [7, 11) is 0. The van der Waals surface area contributed by atoms with E-state index in [4.69, 9.17) is 0 Å². The van der Waals surface area contributed by atoms with Gasteiger partial charge in [-0.25, -0.2) is 0 Å². The second-order valence-electron chi connectivity index (χ2n) is 8.46. The summed E-state index contributed by atoms with van der Waals surface area (Å²) in [5, 5.41) is 3.22. The molecule has 1 N–H and O–H groups in total. The van der Waals surface area contributed by atoms with E-state index in [-0.39, 0.29) is 17.9 Å². The zero-order valence-corrected chi connectivity index (χ0v) is 17.0. The van der Waals surface area contributed by atoms with Crippen LogP contribution in [-0.4, -0.2) is 38.1 Å². The van der Waals surface area contributed by atoms with Gasteiger partial charge in [0.05, 0.1) is 12.0 Å². The number of piperazine rings is 1. The minimum Gasteiger partial charge on any atom is -0.368 e. The number of fused-ring (bicyclic) bond motifs is 3. The maximum Gasteiger partial charge on any atom is 0.225 e. The largest absolute Gasteiger partial charge is 0.368 e. The molecule has 1 saturated heterocycles. The standard InChI is InChI=1S/C24H31N3O/c1-18(2)12-13-25-24(28)21-16-19-8-6-7-11-22(19)27-15-14-26(17-23(21)27)20-9-4-3-5-10-20/h3-11,18,21,23H,12-17H2,1-2H3,(H,25,28)/t21-,23+/m0/s1. The first-order valence-electron chi connectivity index (χ1n) is 10.6. The summed E-state index contributed by atoms with van der Waals surface area (Å²) in [6, 6.07) is 19.4. The first-order chi connectivity index (χ1) is 13.6. The van der Waals surface area contributed by atoms with Crippen molar-refractivity contribution >= 4 is 17.3 Å². The Labute approximate surface area is 168 Å². The molecule has 2 heterocycles. The number of benzene rings is 2. The minimum atomic E-state index is -0.00595. The molecule has 0 saturated carbocycles. The van der Waals surface area contributed by atoms with Gasteiger partial charge in [-0.05, 0) is 42.5 Å². The Hall–Kier alpha value is -2.49. The molecule has 2 aromatic rings. The molecule has 1 fully saturated rings.